The number of hydrogen-bond acceptors (Lipinski definition) is 5. The van der Waals surface area contributed by atoms with Gasteiger partial charge in [-0.25, -0.2) is 14.2 Å². The predicted octanol–water partition coefficient (Wildman–Crippen LogP) is 5.52. The fourth-order valence-electron chi connectivity index (χ4n) is 2.92. The molecule has 0 atom stereocenters. The summed E-state index contributed by atoms with van der Waals surface area (Å²) in [6.45, 7) is 0.253. The van der Waals surface area contributed by atoms with Gasteiger partial charge in [-0.15, -0.1) is 0 Å². The van der Waals surface area contributed by atoms with Crippen LogP contribution in [0.5, 0.6) is 11.5 Å². The first-order chi connectivity index (χ1) is 15.0. The highest BCUT2D eigenvalue weighted by Crippen LogP contribution is 2.28. The number of cyclic esters (lactones) is 1. The molecule has 0 fully saturated rings. The molecule has 0 amide bonds. The molecule has 7 heteroatoms. The highest BCUT2D eigenvalue weighted by atomic mass is 79.9. The van der Waals surface area contributed by atoms with Crippen molar-refractivity contribution in [3.05, 3.63) is 99.4 Å². The van der Waals surface area contributed by atoms with Gasteiger partial charge in [0.25, 0.3) is 0 Å². The van der Waals surface area contributed by atoms with Crippen molar-refractivity contribution in [3.8, 4) is 11.5 Å². The van der Waals surface area contributed by atoms with E-state index in [0.29, 0.717) is 22.6 Å². The van der Waals surface area contributed by atoms with Crippen molar-refractivity contribution in [2.24, 2.45) is 4.99 Å². The first-order valence-corrected chi connectivity index (χ1v) is 10.1. The van der Waals surface area contributed by atoms with Crippen LogP contribution in [0.3, 0.4) is 0 Å². The molecule has 0 unspecified atom stereocenters. The Hall–Kier alpha value is -3.45. The molecule has 0 aromatic heterocycles. The first kappa shape index (κ1) is 20.8. The maximum Gasteiger partial charge on any atom is 0.363 e. The van der Waals surface area contributed by atoms with Crippen LogP contribution in [0.4, 0.5) is 4.39 Å². The third-order valence-corrected chi connectivity index (χ3v) is 5.02. The molecule has 0 spiro atoms. The van der Waals surface area contributed by atoms with Gasteiger partial charge in [-0.05, 0) is 66.2 Å². The lowest BCUT2D eigenvalue weighted by atomic mass is 10.1. The van der Waals surface area contributed by atoms with Gasteiger partial charge < -0.3 is 14.2 Å². The molecule has 0 aliphatic carbocycles. The average Bonchev–Trinajstić information content (AvgIpc) is 3.14. The highest BCUT2D eigenvalue weighted by Gasteiger charge is 2.24. The molecule has 0 bridgehead atoms. The van der Waals surface area contributed by atoms with Crippen molar-refractivity contribution in [2.45, 2.75) is 6.61 Å². The Morgan fingerprint density at radius 3 is 2.52 bits per heavy atom. The fourth-order valence-corrected chi connectivity index (χ4v) is 3.30. The highest BCUT2D eigenvalue weighted by molar-refractivity contribution is 9.10. The summed E-state index contributed by atoms with van der Waals surface area (Å²) in [6, 6.07) is 18.6. The smallest absolute Gasteiger partial charge is 0.363 e. The maximum absolute atomic E-state index is 13.1. The summed E-state index contributed by atoms with van der Waals surface area (Å²) in [7, 11) is 1.58. The van der Waals surface area contributed by atoms with E-state index in [2.05, 4.69) is 20.9 Å². The van der Waals surface area contributed by atoms with Crippen molar-refractivity contribution < 1.29 is 23.4 Å². The summed E-state index contributed by atoms with van der Waals surface area (Å²) in [4.78, 5) is 16.7. The second kappa shape index (κ2) is 9.14. The maximum atomic E-state index is 13.1. The molecule has 0 radical (unpaired) electrons. The third-order valence-electron chi connectivity index (χ3n) is 4.53. The van der Waals surface area contributed by atoms with E-state index >= 15 is 0 Å². The Balaban J connectivity index is 1.59. The van der Waals surface area contributed by atoms with Crippen LogP contribution >= 0.6 is 15.9 Å². The monoisotopic (exact) mass is 481 g/mol. The number of halogens is 2. The Labute approximate surface area is 186 Å². The lowest BCUT2D eigenvalue weighted by Gasteiger charge is -2.10. The van der Waals surface area contributed by atoms with Gasteiger partial charge in [0.05, 0.1) is 7.11 Å². The standard InChI is InChI=1S/C24H17BrFNO4/c1-29-20-9-4-16(5-10-20)23-27-21(24(28)31-23)13-17-12-18(25)6-11-22(17)30-14-15-2-7-19(26)8-3-15/h2-13H,14H2,1H3/b21-13-. The van der Waals surface area contributed by atoms with Crippen LogP contribution in [0.15, 0.2) is 81.9 Å². The van der Waals surface area contributed by atoms with Crippen LogP contribution < -0.4 is 9.47 Å². The number of benzene rings is 3. The molecular weight excluding hydrogens is 465 g/mol. The van der Waals surface area contributed by atoms with Crippen LogP contribution in [0.1, 0.15) is 16.7 Å². The Morgan fingerprint density at radius 2 is 1.81 bits per heavy atom. The number of carbonyl (C=O) groups excluding carboxylic acids is 1. The largest absolute Gasteiger partial charge is 0.497 e. The Kier molecular flexibility index (Phi) is 6.13. The van der Waals surface area contributed by atoms with Gasteiger partial charge in [-0.3, -0.25) is 0 Å². The molecule has 31 heavy (non-hydrogen) atoms. The van der Waals surface area contributed by atoms with Gasteiger partial charge in [0.2, 0.25) is 5.90 Å². The topological polar surface area (TPSA) is 57.1 Å². The number of esters is 1. The minimum Gasteiger partial charge on any atom is -0.497 e. The van der Waals surface area contributed by atoms with E-state index in [9.17, 15) is 9.18 Å². The zero-order chi connectivity index (χ0) is 21.8. The van der Waals surface area contributed by atoms with Gasteiger partial charge >= 0.3 is 5.97 Å². The summed E-state index contributed by atoms with van der Waals surface area (Å²) in [5, 5.41) is 0. The number of hydrogen-bond donors (Lipinski definition) is 0. The van der Waals surface area contributed by atoms with Crippen molar-refractivity contribution in [1.82, 2.24) is 0 Å². The second-order valence-electron chi connectivity index (χ2n) is 6.66. The summed E-state index contributed by atoms with van der Waals surface area (Å²) in [5.74, 6) is 0.628. The lowest BCUT2D eigenvalue weighted by Crippen LogP contribution is -2.05. The zero-order valence-corrected chi connectivity index (χ0v) is 18.1. The quantitative estimate of drug-likeness (QED) is 0.343. The van der Waals surface area contributed by atoms with Gasteiger partial charge in [0.15, 0.2) is 5.70 Å². The van der Waals surface area contributed by atoms with Crippen LogP contribution in [-0.4, -0.2) is 19.0 Å². The minimum atomic E-state index is -0.546. The first-order valence-electron chi connectivity index (χ1n) is 9.35. The number of methoxy groups -OCH3 is 1. The normalized spacial score (nSPS) is 14.4. The molecule has 156 valence electrons. The van der Waals surface area contributed by atoms with E-state index in [-0.39, 0.29) is 24.0 Å². The minimum absolute atomic E-state index is 0.163. The molecule has 0 saturated heterocycles. The van der Waals surface area contributed by atoms with Gasteiger partial charge in [-0.1, -0.05) is 28.1 Å². The van der Waals surface area contributed by atoms with E-state index in [1.165, 1.54) is 12.1 Å². The summed E-state index contributed by atoms with van der Waals surface area (Å²) < 4.78 is 30.3. The summed E-state index contributed by atoms with van der Waals surface area (Å²) >= 11 is 3.44. The van der Waals surface area contributed by atoms with Crippen LogP contribution in [-0.2, 0) is 16.1 Å². The molecule has 3 aromatic carbocycles. The van der Waals surface area contributed by atoms with Crippen molar-refractivity contribution in [2.75, 3.05) is 7.11 Å². The van der Waals surface area contributed by atoms with E-state index in [1.54, 1.807) is 55.7 Å². The third kappa shape index (κ3) is 5.00. The molecule has 5 nitrogen and oxygen atoms in total. The molecule has 0 saturated carbocycles. The number of nitrogens with zero attached hydrogens (tertiary/aromatic N) is 1. The molecule has 1 aliphatic rings. The summed E-state index contributed by atoms with van der Waals surface area (Å²) in [6.07, 6.45) is 1.61. The summed E-state index contributed by atoms with van der Waals surface area (Å²) in [5.41, 5.74) is 2.31. The molecule has 1 aliphatic heterocycles. The van der Waals surface area contributed by atoms with Gasteiger partial charge in [0, 0.05) is 15.6 Å². The SMILES string of the molecule is COc1ccc(C2=N/C(=C\c3cc(Br)ccc3OCc3ccc(F)cc3)C(=O)O2)cc1. The zero-order valence-electron chi connectivity index (χ0n) is 16.5. The molecule has 4 rings (SSSR count). The number of carbonyl (C=O) groups is 1. The predicted molar refractivity (Wildman–Crippen MR) is 118 cm³/mol. The number of ether oxygens (including phenoxy) is 3. The number of aliphatic imine (C=N–C) groups is 1. The molecular formula is C24H17BrFNO4. The Morgan fingerprint density at radius 1 is 1.06 bits per heavy atom. The van der Waals surface area contributed by atoms with Crippen molar-refractivity contribution in [3.63, 3.8) is 0 Å². The molecule has 3 aromatic rings. The fraction of sp³-hybridized carbons (Fsp3) is 0.0833. The lowest BCUT2D eigenvalue weighted by molar-refractivity contribution is -0.129. The second-order valence-corrected chi connectivity index (χ2v) is 7.58. The van der Waals surface area contributed by atoms with Crippen LogP contribution in [0.2, 0.25) is 0 Å². The van der Waals surface area contributed by atoms with E-state index in [4.69, 9.17) is 14.2 Å². The Bertz CT molecular complexity index is 1170. The van der Waals surface area contributed by atoms with E-state index in [1.807, 2.05) is 12.1 Å². The van der Waals surface area contributed by atoms with Gasteiger partial charge in [0.1, 0.15) is 23.9 Å². The van der Waals surface area contributed by atoms with Crippen LogP contribution in [0, 0.1) is 5.82 Å². The van der Waals surface area contributed by atoms with E-state index in [0.717, 1.165) is 10.0 Å². The van der Waals surface area contributed by atoms with Crippen molar-refractivity contribution >= 4 is 33.9 Å². The molecule has 0 N–H and O–H groups in total. The molecule has 1 heterocycles. The van der Waals surface area contributed by atoms with Crippen molar-refractivity contribution in [1.29, 1.82) is 0 Å². The average molecular weight is 482 g/mol. The number of rotatable bonds is 6. The van der Waals surface area contributed by atoms with Gasteiger partial charge in [-0.2, -0.15) is 0 Å². The van der Waals surface area contributed by atoms with E-state index < -0.39 is 5.97 Å². The van der Waals surface area contributed by atoms with Crippen LogP contribution in [0.25, 0.3) is 6.08 Å².